The number of hydrogen-bond acceptors (Lipinski definition) is 6. The Morgan fingerprint density at radius 3 is 2.34 bits per heavy atom. The molecule has 0 aliphatic heterocycles. The highest BCUT2D eigenvalue weighted by Crippen LogP contribution is 2.28. The molecule has 0 fully saturated rings. The third-order valence-corrected chi connectivity index (χ3v) is 4.89. The minimum absolute atomic E-state index is 0.134. The molecule has 9 heteroatoms. The summed E-state index contributed by atoms with van der Waals surface area (Å²) in [7, 11) is 2.99. The van der Waals surface area contributed by atoms with E-state index < -0.39 is 11.8 Å². The minimum Gasteiger partial charge on any atom is -0.508 e. The van der Waals surface area contributed by atoms with Crippen molar-refractivity contribution < 1.29 is 24.2 Å². The number of halogens is 1. The Hall–Kier alpha value is -3.85. The molecule has 0 saturated heterocycles. The van der Waals surface area contributed by atoms with Crippen LogP contribution >= 0.6 is 15.9 Å². The Bertz CT molecular complexity index is 1160. The normalized spacial score (nSPS) is 10.6. The summed E-state index contributed by atoms with van der Waals surface area (Å²) >= 11 is 3.34. The number of phenols is 1. The lowest BCUT2D eigenvalue weighted by molar-refractivity contribution is 0.0956. The van der Waals surface area contributed by atoms with E-state index in [0.29, 0.717) is 32.8 Å². The summed E-state index contributed by atoms with van der Waals surface area (Å²) < 4.78 is 11.1. The summed E-state index contributed by atoms with van der Waals surface area (Å²) in [6.07, 6.45) is 1.44. The number of hydrazone groups is 1. The molecule has 0 unspecified atom stereocenters. The SMILES string of the molecule is COc1ccc(C(=O)Nc2ccc(Br)cc2C(=O)N/N=C/c2ccc(O)cc2)cc1OC. The Morgan fingerprint density at radius 1 is 0.938 bits per heavy atom. The van der Waals surface area contributed by atoms with Gasteiger partial charge >= 0.3 is 0 Å². The van der Waals surface area contributed by atoms with Crippen LogP contribution < -0.4 is 20.2 Å². The molecule has 0 radical (unpaired) electrons. The molecule has 164 valence electrons. The van der Waals surface area contributed by atoms with Gasteiger partial charge in [-0.3, -0.25) is 9.59 Å². The maximum atomic E-state index is 12.8. The van der Waals surface area contributed by atoms with Gasteiger partial charge in [0.2, 0.25) is 0 Å². The zero-order valence-corrected chi connectivity index (χ0v) is 18.8. The number of nitrogens with zero attached hydrogens (tertiary/aromatic N) is 1. The first-order valence-electron chi connectivity index (χ1n) is 9.36. The van der Waals surface area contributed by atoms with E-state index >= 15 is 0 Å². The smallest absolute Gasteiger partial charge is 0.273 e. The third-order valence-electron chi connectivity index (χ3n) is 4.39. The number of carbonyl (C=O) groups is 2. The molecule has 3 N–H and O–H groups in total. The molecular weight excluding hydrogens is 478 g/mol. The maximum absolute atomic E-state index is 12.8. The molecule has 2 amide bonds. The number of phenolic OH excluding ortho intramolecular Hbond substituents is 1. The fourth-order valence-electron chi connectivity index (χ4n) is 2.77. The first kappa shape index (κ1) is 22.8. The molecule has 8 nitrogen and oxygen atoms in total. The quantitative estimate of drug-likeness (QED) is 0.335. The van der Waals surface area contributed by atoms with Crippen molar-refractivity contribution >= 4 is 39.6 Å². The van der Waals surface area contributed by atoms with E-state index in [1.807, 2.05) is 0 Å². The second-order valence-electron chi connectivity index (χ2n) is 6.50. The van der Waals surface area contributed by atoms with Crippen LogP contribution in [0.3, 0.4) is 0 Å². The number of amides is 2. The molecule has 0 bridgehead atoms. The lowest BCUT2D eigenvalue weighted by Gasteiger charge is -2.12. The van der Waals surface area contributed by atoms with Crippen molar-refractivity contribution in [3.63, 3.8) is 0 Å². The minimum atomic E-state index is -0.510. The van der Waals surface area contributed by atoms with Crippen molar-refractivity contribution in [1.82, 2.24) is 5.43 Å². The Labute approximate surface area is 193 Å². The van der Waals surface area contributed by atoms with Gasteiger partial charge in [-0.1, -0.05) is 15.9 Å². The van der Waals surface area contributed by atoms with Crippen molar-refractivity contribution in [1.29, 1.82) is 0 Å². The van der Waals surface area contributed by atoms with E-state index in [-0.39, 0.29) is 11.3 Å². The topological polar surface area (TPSA) is 109 Å². The summed E-state index contributed by atoms with van der Waals surface area (Å²) in [6.45, 7) is 0. The molecule has 0 aromatic heterocycles. The van der Waals surface area contributed by atoms with Crippen LogP contribution in [0, 0.1) is 0 Å². The fourth-order valence-corrected chi connectivity index (χ4v) is 3.13. The first-order chi connectivity index (χ1) is 15.4. The zero-order valence-electron chi connectivity index (χ0n) is 17.3. The average molecular weight is 498 g/mol. The highest BCUT2D eigenvalue weighted by molar-refractivity contribution is 9.10. The van der Waals surface area contributed by atoms with Gasteiger partial charge in [0.05, 0.1) is 31.7 Å². The molecule has 3 rings (SSSR count). The molecule has 3 aromatic carbocycles. The number of nitrogens with one attached hydrogen (secondary N) is 2. The van der Waals surface area contributed by atoms with Crippen molar-refractivity contribution in [2.24, 2.45) is 5.10 Å². The standard InChI is InChI=1S/C23H20BrN3O5/c1-31-20-10-5-15(11-21(20)32-2)22(29)26-19-9-6-16(24)12-18(19)23(30)27-25-13-14-3-7-17(28)8-4-14/h3-13,28H,1-2H3,(H,26,29)(H,27,30)/b25-13+. The van der Waals surface area contributed by atoms with Crippen molar-refractivity contribution in [3.05, 3.63) is 81.8 Å². The van der Waals surface area contributed by atoms with Crippen molar-refractivity contribution in [2.45, 2.75) is 0 Å². The highest BCUT2D eigenvalue weighted by atomic mass is 79.9. The number of rotatable bonds is 7. The van der Waals surface area contributed by atoms with Crippen LogP contribution in [0.5, 0.6) is 17.2 Å². The average Bonchev–Trinajstić information content (AvgIpc) is 2.80. The predicted molar refractivity (Wildman–Crippen MR) is 125 cm³/mol. The number of hydrogen-bond donors (Lipinski definition) is 3. The van der Waals surface area contributed by atoms with Gasteiger partial charge in [-0.15, -0.1) is 0 Å². The zero-order chi connectivity index (χ0) is 23.1. The molecule has 32 heavy (non-hydrogen) atoms. The van der Waals surface area contributed by atoms with Crippen LogP contribution in [-0.4, -0.2) is 37.4 Å². The largest absolute Gasteiger partial charge is 0.508 e. The second kappa shape index (κ2) is 10.5. The van der Waals surface area contributed by atoms with E-state index in [0.717, 1.165) is 0 Å². The number of methoxy groups -OCH3 is 2. The molecular formula is C23H20BrN3O5. The number of anilines is 1. The molecule has 0 saturated carbocycles. The van der Waals surface area contributed by atoms with Gasteiger partial charge in [0.25, 0.3) is 11.8 Å². The number of ether oxygens (including phenoxy) is 2. The molecule has 0 aliphatic rings. The van der Waals surface area contributed by atoms with Crippen LogP contribution in [-0.2, 0) is 0 Å². The Kier molecular flexibility index (Phi) is 7.45. The lowest BCUT2D eigenvalue weighted by Crippen LogP contribution is -2.21. The van der Waals surface area contributed by atoms with Gasteiger partial charge in [0, 0.05) is 10.0 Å². The molecule has 0 aliphatic carbocycles. The van der Waals surface area contributed by atoms with Crippen LogP contribution in [0.1, 0.15) is 26.3 Å². The van der Waals surface area contributed by atoms with Crippen LogP contribution in [0.2, 0.25) is 0 Å². The van der Waals surface area contributed by atoms with E-state index in [1.165, 1.54) is 32.6 Å². The van der Waals surface area contributed by atoms with Crippen molar-refractivity contribution in [2.75, 3.05) is 19.5 Å². The first-order valence-corrected chi connectivity index (χ1v) is 10.2. The van der Waals surface area contributed by atoms with E-state index in [1.54, 1.807) is 48.5 Å². The molecule has 0 atom stereocenters. The van der Waals surface area contributed by atoms with Gasteiger partial charge < -0.3 is 19.9 Å². The second-order valence-corrected chi connectivity index (χ2v) is 7.42. The third kappa shape index (κ3) is 5.64. The molecule has 0 heterocycles. The van der Waals surface area contributed by atoms with Gasteiger partial charge in [-0.05, 0) is 66.2 Å². The Morgan fingerprint density at radius 2 is 1.66 bits per heavy atom. The molecule has 3 aromatic rings. The van der Waals surface area contributed by atoms with Crippen LogP contribution in [0.4, 0.5) is 5.69 Å². The number of aromatic hydroxyl groups is 1. The van der Waals surface area contributed by atoms with Gasteiger partial charge in [0.15, 0.2) is 11.5 Å². The monoisotopic (exact) mass is 497 g/mol. The van der Waals surface area contributed by atoms with E-state index in [4.69, 9.17) is 9.47 Å². The predicted octanol–water partition coefficient (Wildman–Crippen LogP) is 4.19. The summed E-state index contributed by atoms with van der Waals surface area (Å²) in [5, 5.41) is 16.0. The summed E-state index contributed by atoms with van der Waals surface area (Å²) in [4.78, 5) is 25.5. The maximum Gasteiger partial charge on any atom is 0.273 e. The summed E-state index contributed by atoms with van der Waals surface area (Å²) in [5.41, 5.74) is 3.99. The summed E-state index contributed by atoms with van der Waals surface area (Å²) in [5.74, 6) is 0.116. The highest BCUT2D eigenvalue weighted by Gasteiger charge is 2.16. The lowest BCUT2D eigenvalue weighted by atomic mass is 10.1. The van der Waals surface area contributed by atoms with E-state index in [2.05, 4.69) is 31.8 Å². The van der Waals surface area contributed by atoms with Crippen LogP contribution in [0.15, 0.2) is 70.2 Å². The Balaban J connectivity index is 1.77. The number of carbonyl (C=O) groups excluding carboxylic acids is 2. The van der Waals surface area contributed by atoms with Gasteiger partial charge in [0.1, 0.15) is 5.75 Å². The molecule has 0 spiro atoms. The summed E-state index contributed by atoms with van der Waals surface area (Å²) in [6, 6.07) is 16.0. The van der Waals surface area contributed by atoms with E-state index in [9.17, 15) is 14.7 Å². The van der Waals surface area contributed by atoms with Crippen LogP contribution in [0.25, 0.3) is 0 Å². The number of benzene rings is 3. The van der Waals surface area contributed by atoms with Gasteiger partial charge in [-0.25, -0.2) is 5.43 Å². The van der Waals surface area contributed by atoms with Crippen molar-refractivity contribution in [3.8, 4) is 17.2 Å². The fraction of sp³-hybridized carbons (Fsp3) is 0.0870. The van der Waals surface area contributed by atoms with Gasteiger partial charge in [-0.2, -0.15) is 5.10 Å².